The molecule has 9 N–H and O–H groups in total. The van der Waals surface area contributed by atoms with Gasteiger partial charge in [-0.1, -0.05) is 0 Å². The Morgan fingerprint density at radius 3 is 2.45 bits per heavy atom. The van der Waals surface area contributed by atoms with Gasteiger partial charge >= 0.3 is 5.97 Å². The van der Waals surface area contributed by atoms with Crippen LogP contribution >= 0.6 is 0 Å². The maximum atomic E-state index is 10.6. The van der Waals surface area contributed by atoms with Crippen molar-refractivity contribution in [2.75, 3.05) is 6.61 Å². The third-order valence-electron chi connectivity index (χ3n) is 5.22. The lowest BCUT2D eigenvalue weighted by Gasteiger charge is -2.71. The number of nitrogens with two attached hydrogens (primary N) is 1. The smallest absolute Gasteiger partial charge is 0.311 e. The van der Waals surface area contributed by atoms with Crippen molar-refractivity contribution in [3.05, 3.63) is 0 Å². The topological polar surface area (TPSA) is 190 Å². The van der Waals surface area contributed by atoms with Gasteiger partial charge in [0.05, 0.1) is 12.5 Å². The molecule has 124 valence electrons. The molecular formula is C11H17N3O8. The van der Waals surface area contributed by atoms with Crippen LogP contribution in [0.1, 0.15) is 0 Å². The molecule has 0 aromatic rings. The van der Waals surface area contributed by atoms with Gasteiger partial charge in [-0.2, -0.15) is 0 Å². The molecule has 1 saturated carbocycles. The molecule has 1 spiro atoms. The van der Waals surface area contributed by atoms with Gasteiger partial charge < -0.3 is 51.2 Å². The maximum absolute atomic E-state index is 10.6. The third-order valence-corrected chi connectivity index (χ3v) is 5.22. The number of ether oxygens (including phenoxy) is 2. The minimum atomic E-state index is -2.52. The van der Waals surface area contributed by atoms with Crippen LogP contribution < -0.4 is 11.1 Å². The predicted molar refractivity (Wildman–Crippen MR) is 65.7 cm³/mol. The average Bonchev–Trinajstić information content (AvgIpc) is 2.45. The minimum Gasteiger partial charge on any atom is -0.393 e. The van der Waals surface area contributed by atoms with Gasteiger partial charge in [0.15, 0.2) is 18.3 Å². The van der Waals surface area contributed by atoms with E-state index in [9.17, 15) is 30.6 Å². The lowest BCUT2D eigenvalue weighted by molar-refractivity contribution is -0.548. The molecule has 22 heavy (non-hydrogen) atoms. The summed E-state index contributed by atoms with van der Waals surface area (Å²) in [6.07, 6.45) is -7.77. The number of hydrogen-bond acceptors (Lipinski definition) is 11. The summed E-state index contributed by atoms with van der Waals surface area (Å²) in [6, 6.07) is 0. The van der Waals surface area contributed by atoms with Crippen molar-refractivity contribution in [3.63, 3.8) is 0 Å². The molecule has 0 aromatic carbocycles. The lowest BCUT2D eigenvalue weighted by Crippen LogP contribution is -2.95. The lowest BCUT2D eigenvalue weighted by atomic mass is 9.55. The number of aliphatic hydroxyl groups is 6. The van der Waals surface area contributed by atoms with Crippen LogP contribution in [0, 0.1) is 5.92 Å². The van der Waals surface area contributed by atoms with Crippen LogP contribution in [0.3, 0.4) is 0 Å². The summed E-state index contributed by atoms with van der Waals surface area (Å²) >= 11 is 0. The molecule has 4 fully saturated rings. The van der Waals surface area contributed by atoms with E-state index in [1.54, 1.807) is 0 Å². The summed E-state index contributed by atoms with van der Waals surface area (Å²) in [5, 5.41) is 64.3. The molecule has 4 aliphatic heterocycles. The van der Waals surface area contributed by atoms with E-state index < -0.39 is 60.3 Å². The number of rotatable bonds is 1. The van der Waals surface area contributed by atoms with E-state index in [0.717, 1.165) is 0 Å². The fourth-order valence-electron chi connectivity index (χ4n) is 4.24. The Hall–Kier alpha value is -1.05. The van der Waals surface area contributed by atoms with Crippen LogP contribution in [0.5, 0.6) is 0 Å². The van der Waals surface area contributed by atoms with Crippen molar-refractivity contribution in [2.24, 2.45) is 16.6 Å². The maximum Gasteiger partial charge on any atom is 0.311 e. The molecule has 1 aliphatic carbocycles. The Kier molecular flexibility index (Phi) is 2.57. The van der Waals surface area contributed by atoms with Gasteiger partial charge in [0, 0.05) is 0 Å². The van der Waals surface area contributed by atoms with Gasteiger partial charge in [-0.05, 0) is 0 Å². The summed E-state index contributed by atoms with van der Waals surface area (Å²) in [5.74, 6) is -3.95. The minimum absolute atomic E-state index is 0.250. The summed E-state index contributed by atoms with van der Waals surface area (Å²) in [7, 11) is 0. The van der Waals surface area contributed by atoms with Gasteiger partial charge in [-0.25, -0.2) is 4.99 Å². The number of aliphatic imine (C=N–C) groups is 1. The van der Waals surface area contributed by atoms with Crippen molar-refractivity contribution < 1.29 is 40.1 Å². The number of guanidine groups is 1. The first-order valence-corrected chi connectivity index (χ1v) is 6.77. The first kappa shape index (κ1) is 14.5. The molecule has 0 radical (unpaired) electrons. The monoisotopic (exact) mass is 319 g/mol. The van der Waals surface area contributed by atoms with E-state index in [-0.39, 0.29) is 5.96 Å². The molecule has 6 unspecified atom stereocenters. The second-order valence-electron chi connectivity index (χ2n) is 6.22. The summed E-state index contributed by atoms with van der Waals surface area (Å²) in [4.78, 5) is 3.70. The van der Waals surface area contributed by atoms with Gasteiger partial charge in [-0.3, -0.25) is 0 Å². The van der Waals surface area contributed by atoms with E-state index >= 15 is 0 Å². The molecule has 5 aliphatic rings. The summed E-state index contributed by atoms with van der Waals surface area (Å²) < 4.78 is 10.3. The molecule has 0 aromatic heterocycles. The first-order valence-electron chi connectivity index (χ1n) is 6.77. The third kappa shape index (κ3) is 1.28. The van der Waals surface area contributed by atoms with Crippen LogP contribution in [0.15, 0.2) is 4.99 Å². The average molecular weight is 319 g/mol. The van der Waals surface area contributed by atoms with E-state index in [2.05, 4.69) is 10.3 Å². The highest BCUT2D eigenvalue weighted by molar-refractivity contribution is 5.80. The molecule has 9 atom stereocenters. The summed E-state index contributed by atoms with van der Waals surface area (Å²) in [6.45, 7) is -0.857. The largest absolute Gasteiger partial charge is 0.393 e. The van der Waals surface area contributed by atoms with Crippen LogP contribution in [-0.4, -0.2) is 91.0 Å². The number of hydrogen-bond donors (Lipinski definition) is 8. The van der Waals surface area contributed by atoms with E-state index in [4.69, 9.17) is 15.2 Å². The SMILES string of the molecule is NC1=NC(O)C2C3O[C@]4(O)OC([C@@H](O)[C@]2(N1)C4O)C3(O)CO. The van der Waals surface area contributed by atoms with Crippen LogP contribution in [-0.2, 0) is 9.47 Å². The highest BCUT2D eigenvalue weighted by Crippen LogP contribution is 2.58. The molecule has 4 bridgehead atoms. The van der Waals surface area contributed by atoms with Crippen molar-refractivity contribution in [2.45, 2.75) is 47.8 Å². The number of nitrogens with one attached hydrogen (secondary N) is 1. The van der Waals surface area contributed by atoms with Gasteiger partial charge in [0.1, 0.15) is 29.5 Å². The van der Waals surface area contributed by atoms with Crippen LogP contribution in [0.25, 0.3) is 0 Å². The Morgan fingerprint density at radius 2 is 1.82 bits per heavy atom. The Morgan fingerprint density at radius 1 is 1.18 bits per heavy atom. The molecule has 5 rings (SSSR count). The standard InChI is InChI=1S/C11H17N3O8/c12-8-13-6(17)2-4-9(19,1-15)5-3(16)10(2,14-8)7(18)11(20,21-4)22-5/h2-7,15-20H,1H2,(H3,12,13,14)/t2?,3-,4?,5?,6?,7?,9?,10+,11+/m1/s1. The van der Waals surface area contributed by atoms with Crippen molar-refractivity contribution in [1.29, 1.82) is 0 Å². The fraction of sp³-hybridized carbons (Fsp3) is 0.909. The molecule has 4 heterocycles. The zero-order valence-electron chi connectivity index (χ0n) is 11.2. The van der Waals surface area contributed by atoms with Gasteiger partial charge in [0.25, 0.3) is 0 Å². The Bertz CT molecular complexity index is 561. The Balaban J connectivity index is 1.95. The number of aliphatic hydroxyl groups excluding tert-OH is 4. The van der Waals surface area contributed by atoms with E-state index in [0.29, 0.717) is 0 Å². The van der Waals surface area contributed by atoms with Crippen molar-refractivity contribution >= 4 is 5.96 Å². The van der Waals surface area contributed by atoms with Gasteiger partial charge in [-0.15, -0.1) is 0 Å². The van der Waals surface area contributed by atoms with Crippen molar-refractivity contribution in [3.8, 4) is 0 Å². The second kappa shape index (κ2) is 3.88. The zero-order valence-corrected chi connectivity index (χ0v) is 11.2. The molecule has 11 nitrogen and oxygen atoms in total. The predicted octanol–water partition coefficient (Wildman–Crippen LogP) is -5.52. The Labute approximate surface area is 123 Å². The highest BCUT2D eigenvalue weighted by atomic mass is 16.9. The number of nitrogens with zero attached hydrogens (tertiary/aromatic N) is 1. The molecule has 11 heteroatoms. The van der Waals surface area contributed by atoms with Crippen LogP contribution in [0.2, 0.25) is 0 Å². The second-order valence-corrected chi connectivity index (χ2v) is 6.22. The van der Waals surface area contributed by atoms with Crippen molar-refractivity contribution in [1.82, 2.24) is 5.32 Å². The van der Waals surface area contributed by atoms with Crippen LogP contribution in [0.4, 0.5) is 0 Å². The zero-order chi connectivity index (χ0) is 16.1. The molecular weight excluding hydrogens is 302 g/mol. The molecule has 0 amide bonds. The van der Waals surface area contributed by atoms with Gasteiger partial charge in [0.2, 0.25) is 0 Å². The molecule has 3 saturated heterocycles. The first-order chi connectivity index (χ1) is 10.2. The van der Waals surface area contributed by atoms with E-state index in [1.165, 1.54) is 0 Å². The normalized spacial score (nSPS) is 62.4. The quantitative estimate of drug-likeness (QED) is 0.231. The van der Waals surface area contributed by atoms with E-state index in [1.807, 2.05) is 0 Å². The fourth-order valence-corrected chi connectivity index (χ4v) is 4.24. The highest BCUT2D eigenvalue weighted by Gasteiger charge is 2.82. The summed E-state index contributed by atoms with van der Waals surface area (Å²) in [5.41, 5.74) is 1.74.